The number of thioether (sulfide) groups is 1. The van der Waals surface area contributed by atoms with Gasteiger partial charge < -0.3 is 9.84 Å². The van der Waals surface area contributed by atoms with Crippen LogP contribution in [0, 0.1) is 0 Å². The van der Waals surface area contributed by atoms with E-state index in [2.05, 4.69) is 0 Å². The topological polar surface area (TPSA) is 29.5 Å². The van der Waals surface area contributed by atoms with Crippen molar-refractivity contribution in [2.75, 3.05) is 12.9 Å². The lowest BCUT2D eigenvalue weighted by Crippen LogP contribution is -1.90. The van der Waals surface area contributed by atoms with Gasteiger partial charge in [0.25, 0.3) is 0 Å². The minimum Gasteiger partial charge on any atom is -0.504 e. The zero-order valence-electron chi connectivity index (χ0n) is 11.3. The highest BCUT2D eigenvalue weighted by Gasteiger charge is 2.02. The minimum absolute atomic E-state index is 0.187. The van der Waals surface area contributed by atoms with Crippen LogP contribution >= 0.6 is 23.4 Å². The van der Waals surface area contributed by atoms with Crippen LogP contribution in [0.4, 0.5) is 0 Å². The summed E-state index contributed by atoms with van der Waals surface area (Å²) >= 11 is 7.68. The Morgan fingerprint density at radius 1 is 1.15 bits per heavy atom. The first-order chi connectivity index (χ1) is 9.69. The van der Waals surface area contributed by atoms with Gasteiger partial charge in [-0.3, -0.25) is 0 Å². The van der Waals surface area contributed by atoms with Crippen molar-refractivity contribution in [1.29, 1.82) is 0 Å². The van der Waals surface area contributed by atoms with Gasteiger partial charge in [-0.1, -0.05) is 17.7 Å². The molecule has 0 aliphatic heterocycles. The van der Waals surface area contributed by atoms with Crippen LogP contribution in [-0.2, 0) is 6.42 Å². The van der Waals surface area contributed by atoms with Crippen LogP contribution in [0.3, 0.4) is 0 Å². The minimum atomic E-state index is 0.187. The summed E-state index contributed by atoms with van der Waals surface area (Å²) in [6.45, 7) is 0. The molecule has 0 saturated carbocycles. The van der Waals surface area contributed by atoms with E-state index in [4.69, 9.17) is 16.3 Å². The number of rotatable bonds is 6. The number of phenols is 1. The summed E-state index contributed by atoms with van der Waals surface area (Å²) in [5.41, 5.74) is 1.18. The van der Waals surface area contributed by atoms with Crippen LogP contribution in [0.25, 0.3) is 0 Å². The molecule has 0 radical (unpaired) electrons. The normalized spacial score (nSPS) is 10.5. The largest absolute Gasteiger partial charge is 0.504 e. The summed E-state index contributed by atoms with van der Waals surface area (Å²) in [6, 6.07) is 13.4. The number of aromatic hydroxyl groups is 1. The molecular weight excluding hydrogens is 292 g/mol. The molecule has 2 nitrogen and oxygen atoms in total. The summed E-state index contributed by atoms with van der Waals surface area (Å²) in [5.74, 6) is 1.77. The van der Waals surface area contributed by atoms with Crippen molar-refractivity contribution >= 4 is 23.4 Å². The molecule has 0 unspecified atom stereocenters. The Bertz CT molecular complexity index is 555. The molecule has 0 aliphatic rings. The molecule has 0 bridgehead atoms. The number of hydrogen-bond acceptors (Lipinski definition) is 3. The fourth-order valence-electron chi connectivity index (χ4n) is 1.87. The van der Waals surface area contributed by atoms with Crippen LogP contribution in [0.2, 0.25) is 5.02 Å². The molecule has 0 aromatic heterocycles. The van der Waals surface area contributed by atoms with Crippen molar-refractivity contribution in [3.63, 3.8) is 0 Å². The molecule has 106 valence electrons. The van der Waals surface area contributed by atoms with Gasteiger partial charge >= 0.3 is 0 Å². The number of methoxy groups -OCH3 is 1. The quantitative estimate of drug-likeness (QED) is 0.615. The van der Waals surface area contributed by atoms with Crippen molar-refractivity contribution < 1.29 is 9.84 Å². The van der Waals surface area contributed by atoms with Gasteiger partial charge in [-0.05, 0) is 60.6 Å². The Balaban J connectivity index is 1.79. The maximum atomic E-state index is 9.54. The molecule has 0 amide bonds. The molecule has 0 saturated heterocycles. The van der Waals surface area contributed by atoms with Gasteiger partial charge in [0.05, 0.1) is 7.11 Å². The average molecular weight is 309 g/mol. The van der Waals surface area contributed by atoms with Gasteiger partial charge in [-0.2, -0.15) is 0 Å². The van der Waals surface area contributed by atoms with Gasteiger partial charge in [-0.25, -0.2) is 0 Å². The number of ether oxygens (including phenoxy) is 1. The van der Waals surface area contributed by atoms with Crippen LogP contribution in [0.5, 0.6) is 11.5 Å². The Labute approximate surface area is 128 Å². The Hall–Kier alpha value is -1.32. The van der Waals surface area contributed by atoms with Crippen LogP contribution in [0.1, 0.15) is 12.0 Å². The van der Waals surface area contributed by atoms with Gasteiger partial charge in [0.1, 0.15) is 0 Å². The van der Waals surface area contributed by atoms with E-state index in [-0.39, 0.29) is 5.75 Å². The highest BCUT2D eigenvalue weighted by atomic mass is 35.5. The maximum absolute atomic E-state index is 9.54. The van der Waals surface area contributed by atoms with Crippen molar-refractivity contribution in [1.82, 2.24) is 0 Å². The number of hydrogen-bond donors (Lipinski definition) is 1. The maximum Gasteiger partial charge on any atom is 0.160 e. The van der Waals surface area contributed by atoms with E-state index in [1.54, 1.807) is 13.2 Å². The summed E-state index contributed by atoms with van der Waals surface area (Å²) in [4.78, 5) is 1.23. The summed E-state index contributed by atoms with van der Waals surface area (Å²) in [5, 5.41) is 10.3. The smallest absolute Gasteiger partial charge is 0.160 e. The third kappa shape index (κ3) is 4.36. The number of benzene rings is 2. The molecule has 0 fully saturated rings. The van der Waals surface area contributed by atoms with Crippen LogP contribution < -0.4 is 4.74 Å². The Morgan fingerprint density at radius 3 is 2.60 bits per heavy atom. The second-order valence-corrected chi connectivity index (χ2v) is 6.02. The first-order valence-electron chi connectivity index (χ1n) is 6.43. The van der Waals surface area contributed by atoms with Gasteiger partial charge in [0.2, 0.25) is 0 Å². The van der Waals surface area contributed by atoms with Crippen molar-refractivity contribution in [2.24, 2.45) is 0 Å². The third-order valence-corrected chi connectivity index (χ3v) is 4.29. The highest BCUT2D eigenvalue weighted by Crippen LogP contribution is 2.27. The second-order valence-electron chi connectivity index (χ2n) is 4.41. The Morgan fingerprint density at radius 2 is 1.90 bits per heavy atom. The first-order valence-corrected chi connectivity index (χ1v) is 7.79. The van der Waals surface area contributed by atoms with E-state index in [1.807, 2.05) is 48.2 Å². The van der Waals surface area contributed by atoms with E-state index in [0.29, 0.717) is 5.75 Å². The molecule has 1 N–H and O–H groups in total. The molecular formula is C16H17ClO2S. The summed E-state index contributed by atoms with van der Waals surface area (Å²) in [7, 11) is 1.56. The van der Waals surface area contributed by atoms with E-state index in [1.165, 1.54) is 10.5 Å². The van der Waals surface area contributed by atoms with Crippen molar-refractivity contribution in [3.05, 3.63) is 53.1 Å². The zero-order valence-corrected chi connectivity index (χ0v) is 12.9. The van der Waals surface area contributed by atoms with E-state index < -0.39 is 0 Å². The summed E-state index contributed by atoms with van der Waals surface area (Å²) < 4.78 is 5.10. The van der Waals surface area contributed by atoms with Crippen molar-refractivity contribution in [3.8, 4) is 11.5 Å². The summed E-state index contributed by atoms with van der Waals surface area (Å²) in [6.07, 6.45) is 2.04. The molecule has 0 spiro atoms. The van der Waals surface area contributed by atoms with Crippen LogP contribution in [-0.4, -0.2) is 18.0 Å². The molecule has 4 heteroatoms. The third-order valence-electron chi connectivity index (χ3n) is 2.94. The lowest BCUT2D eigenvalue weighted by Gasteiger charge is -2.06. The van der Waals surface area contributed by atoms with E-state index in [0.717, 1.165) is 23.6 Å². The number of halogens is 1. The van der Waals surface area contributed by atoms with E-state index in [9.17, 15) is 5.11 Å². The number of aryl methyl sites for hydroxylation is 1. The standard InChI is InChI=1S/C16H17ClO2S/c1-19-16-11-12(4-9-15(16)18)3-2-10-20-14-7-5-13(17)6-8-14/h4-9,11,18H,2-3,10H2,1H3. The highest BCUT2D eigenvalue weighted by molar-refractivity contribution is 7.99. The van der Waals surface area contributed by atoms with Gasteiger partial charge in [0.15, 0.2) is 11.5 Å². The monoisotopic (exact) mass is 308 g/mol. The van der Waals surface area contributed by atoms with Gasteiger partial charge in [-0.15, -0.1) is 11.8 Å². The van der Waals surface area contributed by atoms with Crippen molar-refractivity contribution in [2.45, 2.75) is 17.7 Å². The first kappa shape index (κ1) is 15.1. The molecule has 0 heterocycles. The molecule has 0 atom stereocenters. The second kappa shape index (κ2) is 7.46. The molecule has 2 aromatic carbocycles. The fraction of sp³-hybridized carbons (Fsp3) is 0.250. The molecule has 20 heavy (non-hydrogen) atoms. The van der Waals surface area contributed by atoms with Gasteiger partial charge in [0, 0.05) is 9.92 Å². The lowest BCUT2D eigenvalue weighted by molar-refractivity contribution is 0.373. The predicted molar refractivity (Wildman–Crippen MR) is 85.2 cm³/mol. The zero-order chi connectivity index (χ0) is 14.4. The van der Waals surface area contributed by atoms with Crippen LogP contribution in [0.15, 0.2) is 47.4 Å². The number of phenolic OH excluding ortho intramolecular Hbond substituents is 1. The van der Waals surface area contributed by atoms with E-state index >= 15 is 0 Å². The SMILES string of the molecule is COc1cc(CCCSc2ccc(Cl)cc2)ccc1O. The fourth-order valence-corrected chi connectivity index (χ4v) is 2.85. The average Bonchev–Trinajstić information content (AvgIpc) is 2.47. The molecule has 0 aliphatic carbocycles. The molecule has 2 rings (SSSR count). The Kier molecular flexibility index (Phi) is 5.62. The predicted octanol–water partition coefficient (Wildman–Crippen LogP) is 4.78. The molecule has 2 aromatic rings. The lowest BCUT2D eigenvalue weighted by atomic mass is 10.1.